The number of carbonyl (C=O) groups excluding carboxylic acids is 3. The number of ether oxygens (including phenoxy) is 3. The average Bonchev–Trinajstić information content (AvgIpc) is 3.72. The van der Waals surface area contributed by atoms with Gasteiger partial charge in [0.1, 0.15) is 5.75 Å². The van der Waals surface area contributed by atoms with Crippen LogP contribution in [0, 0.1) is 5.92 Å². The van der Waals surface area contributed by atoms with Crippen molar-refractivity contribution in [2.75, 3.05) is 52.3 Å². The number of nitrogens with zero attached hydrogens (tertiary/aromatic N) is 2. The van der Waals surface area contributed by atoms with E-state index >= 15 is 0 Å². The summed E-state index contributed by atoms with van der Waals surface area (Å²) in [6, 6.07) is 12.1. The molecule has 1 aliphatic heterocycles. The lowest BCUT2D eigenvalue weighted by Gasteiger charge is -2.34. The number of amides is 3. The van der Waals surface area contributed by atoms with E-state index in [4.69, 9.17) is 14.2 Å². The normalized spacial score (nSPS) is 15.5. The molecule has 3 amide bonds. The largest absolute Gasteiger partial charge is 0.493 e. The van der Waals surface area contributed by atoms with E-state index in [1.54, 1.807) is 59.4 Å². The number of hydrogen-bond donors (Lipinski definition) is 1. The van der Waals surface area contributed by atoms with Gasteiger partial charge >= 0.3 is 0 Å². The molecule has 0 atom stereocenters. The maximum atomic E-state index is 12.9. The van der Waals surface area contributed by atoms with Crippen molar-refractivity contribution in [3.05, 3.63) is 48.0 Å². The van der Waals surface area contributed by atoms with Gasteiger partial charge in [-0.2, -0.15) is 0 Å². The zero-order valence-corrected chi connectivity index (χ0v) is 19.4. The number of carbonyl (C=O) groups is 3. The van der Waals surface area contributed by atoms with Crippen LogP contribution in [0.15, 0.2) is 42.5 Å². The van der Waals surface area contributed by atoms with Crippen LogP contribution in [0.4, 0.5) is 5.69 Å². The van der Waals surface area contributed by atoms with Crippen LogP contribution in [-0.2, 0) is 9.59 Å². The summed E-state index contributed by atoms with van der Waals surface area (Å²) in [6.45, 7) is 1.62. The molecule has 2 fully saturated rings. The Morgan fingerprint density at radius 2 is 1.62 bits per heavy atom. The van der Waals surface area contributed by atoms with Crippen LogP contribution in [-0.4, -0.2) is 74.5 Å². The highest BCUT2D eigenvalue weighted by Crippen LogP contribution is 2.31. The third-order valence-corrected chi connectivity index (χ3v) is 5.96. The van der Waals surface area contributed by atoms with Gasteiger partial charge in [-0.1, -0.05) is 6.07 Å². The van der Waals surface area contributed by atoms with Crippen LogP contribution in [0.2, 0.25) is 0 Å². The molecule has 9 nitrogen and oxygen atoms in total. The number of nitrogens with one attached hydrogen (secondary N) is 1. The molecule has 0 bridgehead atoms. The van der Waals surface area contributed by atoms with E-state index in [1.807, 2.05) is 0 Å². The van der Waals surface area contributed by atoms with Gasteiger partial charge < -0.3 is 29.3 Å². The molecule has 9 heteroatoms. The van der Waals surface area contributed by atoms with Crippen molar-refractivity contribution in [1.82, 2.24) is 9.80 Å². The van der Waals surface area contributed by atoms with Gasteiger partial charge in [-0.3, -0.25) is 14.4 Å². The molecule has 2 aromatic carbocycles. The summed E-state index contributed by atoms with van der Waals surface area (Å²) in [5, 5.41) is 2.87. The Hall–Kier alpha value is -3.75. The molecule has 1 saturated heterocycles. The molecule has 34 heavy (non-hydrogen) atoms. The van der Waals surface area contributed by atoms with Crippen molar-refractivity contribution in [1.29, 1.82) is 0 Å². The van der Waals surface area contributed by atoms with Crippen molar-refractivity contribution in [2.45, 2.75) is 12.8 Å². The first-order valence-electron chi connectivity index (χ1n) is 11.3. The number of benzene rings is 2. The molecule has 0 aromatic heterocycles. The lowest BCUT2D eigenvalue weighted by molar-refractivity contribution is -0.134. The molecule has 180 valence electrons. The van der Waals surface area contributed by atoms with Gasteiger partial charge in [-0.25, -0.2) is 0 Å². The standard InChI is InChI=1S/C25H29N3O6/c1-32-21-9-8-18(14-22(21)33-2)25(31)28-12-10-27(11-13-28)23(29)16-34-20-5-3-4-19(15-20)26-24(30)17-6-7-17/h3-5,8-9,14-15,17H,6-7,10-13,16H2,1-2H3,(H,26,30). The van der Waals surface area contributed by atoms with Gasteiger partial charge in [0.2, 0.25) is 5.91 Å². The lowest BCUT2D eigenvalue weighted by Crippen LogP contribution is -2.51. The van der Waals surface area contributed by atoms with Crippen molar-refractivity contribution in [3.63, 3.8) is 0 Å². The smallest absolute Gasteiger partial charge is 0.260 e. The van der Waals surface area contributed by atoms with E-state index < -0.39 is 0 Å². The lowest BCUT2D eigenvalue weighted by atomic mass is 10.1. The Labute approximate surface area is 198 Å². The van der Waals surface area contributed by atoms with Gasteiger partial charge in [0.15, 0.2) is 18.1 Å². The Balaban J connectivity index is 1.26. The van der Waals surface area contributed by atoms with Crippen LogP contribution >= 0.6 is 0 Å². The van der Waals surface area contributed by atoms with E-state index in [-0.39, 0.29) is 30.2 Å². The summed E-state index contributed by atoms with van der Waals surface area (Å²) in [4.78, 5) is 40.9. The quantitative estimate of drug-likeness (QED) is 0.641. The second kappa shape index (κ2) is 10.5. The molecule has 4 rings (SSSR count). The third-order valence-electron chi connectivity index (χ3n) is 5.96. The first-order valence-corrected chi connectivity index (χ1v) is 11.3. The van der Waals surface area contributed by atoms with Gasteiger partial charge in [0.25, 0.3) is 11.8 Å². The Morgan fingerprint density at radius 3 is 2.29 bits per heavy atom. The molecule has 1 N–H and O–H groups in total. The third kappa shape index (κ3) is 5.59. The van der Waals surface area contributed by atoms with Crippen LogP contribution in [0.3, 0.4) is 0 Å². The second-order valence-corrected chi connectivity index (χ2v) is 8.32. The van der Waals surface area contributed by atoms with Crippen molar-refractivity contribution in [3.8, 4) is 17.2 Å². The minimum absolute atomic E-state index is 0.0220. The molecule has 0 spiro atoms. The van der Waals surface area contributed by atoms with Gasteiger partial charge in [0.05, 0.1) is 14.2 Å². The molecule has 2 aliphatic rings. The summed E-state index contributed by atoms with van der Waals surface area (Å²) in [5.41, 5.74) is 1.17. The minimum atomic E-state index is -0.148. The highest BCUT2D eigenvalue weighted by molar-refractivity contribution is 5.95. The number of anilines is 1. The molecule has 0 radical (unpaired) electrons. The molecule has 2 aromatic rings. The first-order chi connectivity index (χ1) is 16.5. The fourth-order valence-corrected chi connectivity index (χ4v) is 3.80. The minimum Gasteiger partial charge on any atom is -0.493 e. The SMILES string of the molecule is COc1ccc(C(=O)N2CCN(C(=O)COc3cccc(NC(=O)C4CC4)c3)CC2)cc1OC. The molecule has 1 heterocycles. The van der Waals surface area contributed by atoms with Crippen molar-refractivity contribution < 1.29 is 28.6 Å². The second-order valence-electron chi connectivity index (χ2n) is 8.32. The van der Waals surface area contributed by atoms with Crippen LogP contribution in [0.1, 0.15) is 23.2 Å². The topological polar surface area (TPSA) is 97.4 Å². The van der Waals surface area contributed by atoms with Gasteiger partial charge in [-0.05, 0) is 43.2 Å². The number of piperazine rings is 1. The summed E-state index contributed by atoms with van der Waals surface area (Å²) in [6.07, 6.45) is 1.87. The summed E-state index contributed by atoms with van der Waals surface area (Å²) in [7, 11) is 3.07. The summed E-state index contributed by atoms with van der Waals surface area (Å²) in [5.74, 6) is 1.45. The predicted octanol–water partition coefficient (Wildman–Crippen LogP) is 2.42. The fourth-order valence-electron chi connectivity index (χ4n) is 3.80. The Morgan fingerprint density at radius 1 is 0.912 bits per heavy atom. The average molecular weight is 468 g/mol. The van der Waals surface area contributed by atoms with E-state index in [9.17, 15) is 14.4 Å². The van der Waals surface area contributed by atoms with E-state index in [1.165, 1.54) is 7.11 Å². The number of rotatable bonds is 8. The van der Waals surface area contributed by atoms with E-state index in [0.29, 0.717) is 54.7 Å². The maximum absolute atomic E-state index is 12.9. The highest BCUT2D eigenvalue weighted by Gasteiger charge is 2.29. The molecule has 1 saturated carbocycles. The van der Waals surface area contributed by atoms with Crippen LogP contribution in [0.5, 0.6) is 17.2 Å². The summed E-state index contributed by atoms with van der Waals surface area (Å²) >= 11 is 0. The monoisotopic (exact) mass is 467 g/mol. The van der Waals surface area contributed by atoms with Gasteiger partial charge in [-0.15, -0.1) is 0 Å². The molecular formula is C25H29N3O6. The molecule has 0 unspecified atom stereocenters. The molecule has 1 aliphatic carbocycles. The van der Waals surface area contributed by atoms with Crippen molar-refractivity contribution in [2.24, 2.45) is 5.92 Å². The zero-order chi connectivity index (χ0) is 24.1. The first kappa shape index (κ1) is 23.4. The Kier molecular flexibility index (Phi) is 7.20. The van der Waals surface area contributed by atoms with Crippen LogP contribution < -0.4 is 19.5 Å². The van der Waals surface area contributed by atoms with E-state index in [0.717, 1.165) is 12.8 Å². The highest BCUT2D eigenvalue weighted by atomic mass is 16.5. The van der Waals surface area contributed by atoms with Crippen molar-refractivity contribution >= 4 is 23.4 Å². The van der Waals surface area contributed by atoms with E-state index in [2.05, 4.69) is 5.32 Å². The summed E-state index contributed by atoms with van der Waals surface area (Å²) < 4.78 is 16.2. The number of hydrogen-bond acceptors (Lipinski definition) is 6. The fraction of sp³-hybridized carbons (Fsp3) is 0.400. The Bertz CT molecular complexity index is 1060. The predicted molar refractivity (Wildman–Crippen MR) is 125 cm³/mol. The number of methoxy groups -OCH3 is 2. The van der Waals surface area contributed by atoms with Gasteiger partial charge in [0, 0.05) is 49.4 Å². The maximum Gasteiger partial charge on any atom is 0.260 e. The van der Waals surface area contributed by atoms with Crippen LogP contribution in [0.25, 0.3) is 0 Å². The molecular weight excluding hydrogens is 438 g/mol. The zero-order valence-electron chi connectivity index (χ0n) is 19.4.